The van der Waals surface area contributed by atoms with Gasteiger partial charge in [0.25, 0.3) is 0 Å². The molecule has 1 saturated heterocycles. The number of phenolic OH excluding ortho intramolecular Hbond substituents is 2. The largest absolute Gasteiger partial charge is 0.508 e. The lowest BCUT2D eigenvalue weighted by Crippen LogP contribution is -2.54. The third kappa shape index (κ3) is 8.16. The average Bonchev–Trinajstić information content (AvgIpc) is 3.73. The third-order valence-corrected chi connectivity index (χ3v) is 14.7. The Bertz CT molecular complexity index is 2460. The molecule has 6 N–H and O–H groups in total. The molecule has 9 nitrogen and oxygen atoms in total. The van der Waals surface area contributed by atoms with Gasteiger partial charge in [-0.25, -0.2) is 0 Å². The highest BCUT2D eigenvalue weighted by atomic mass is 16.5. The van der Waals surface area contributed by atoms with Gasteiger partial charge in [0, 0.05) is 40.8 Å². The fraction of sp³-hybridized carbons (Fsp3) is 0.434. The van der Waals surface area contributed by atoms with Crippen molar-refractivity contribution < 1.29 is 29.5 Å². The van der Waals surface area contributed by atoms with E-state index in [9.17, 15) is 15.3 Å². The van der Waals surface area contributed by atoms with Crippen LogP contribution in [-0.2, 0) is 34.3 Å². The maximum atomic E-state index is 11.4. The highest BCUT2D eigenvalue weighted by Crippen LogP contribution is 2.60. The van der Waals surface area contributed by atoms with Crippen LogP contribution in [0.2, 0.25) is 0 Å². The Morgan fingerprint density at radius 1 is 0.855 bits per heavy atom. The summed E-state index contributed by atoms with van der Waals surface area (Å²) < 4.78 is 22.1. The van der Waals surface area contributed by atoms with Crippen LogP contribution in [0.15, 0.2) is 109 Å². The SMILES string of the molecule is NC1C=CC2=C(N1)n1cc3cc(C45CCOC6CCC(CC64)c4ccccc45)cc(c3c1)COc1cc(ccc1O)CCC(O)CC(CCCCCCc1ccc(O)cc1)OC2. The van der Waals surface area contributed by atoms with Gasteiger partial charge in [0.1, 0.15) is 18.2 Å². The van der Waals surface area contributed by atoms with Crippen molar-refractivity contribution in [3.05, 3.63) is 142 Å². The molecule has 1 aromatic heterocycles. The predicted molar refractivity (Wildman–Crippen MR) is 243 cm³/mol. The van der Waals surface area contributed by atoms with Crippen molar-refractivity contribution in [1.29, 1.82) is 0 Å². The summed E-state index contributed by atoms with van der Waals surface area (Å²) in [5.74, 6) is 2.68. The van der Waals surface area contributed by atoms with E-state index in [2.05, 4.69) is 64.8 Å². The summed E-state index contributed by atoms with van der Waals surface area (Å²) >= 11 is 0. The van der Waals surface area contributed by atoms with Crippen molar-refractivity contribution in [3.8, 4) is 17.2 Å². The van der Waals surface area contributed by atoms with Crippen LogP contribution < -0.4 is 15.8 Å². The van der Waals surface area contributed by atoms with Crippen molar-refractivity contribution in [1.82, 2.24) is 9.88 Å². The van der Waals surface area contributed by atoms with Crippen LogP contribution in [0.25, 0.3) is 16.6 Å². The van der Waals surface area contributed by atoms with Crippen LogP contribution in [0.5, 0.6) is 17.2 Å². The van der Waals surface area contributed by atoms with Crippen molar-refractivity contribution in [3.63, 3.8) is 0 Å². The van der Waals surface area contributed by atoms with E-state index < -0.39 is 6.10 Å². The topological polar surface area (TPSA) is 131 Å². The van der Waals surface area contributed by atoms with E-state index in [4.69, 9.17) is 19.9 Å². The molecular weight excluding hydrogens is 775 g/mol. The van der Waals surface area contributed by atoms with Gasteiger partial charge in [0.15, 0.2) is 11.5 Å². The molecule has 0 spiro atoms. The summed E-state index contributed by atoms with van der Waals surface area (Å²) in [6.45, 7) is 1.39. The molecule has 6 bridgehead atoms. The van der Waals surface area contributed by atoms with Crippen LogP contribution in [0, 0.1) is 5.92 Å². The van der Waals surface area contributed by atoms with Crippen molar-refractivity contribution in [2.24, 2.45) is 11.7 Å². The molecule has 0 radical (unpaired) electrons. The number of phenols is 2. The second-order valence-corrected chi connectivity index (χ2v) is 18.6. The van der Waals surface area contributed by atoms with Gasteiger partial charge in [0.2, 0.25) is 0 Å². The number of aliphatic hydroxyl groups is 1. The molecule has 4 heterocycles. The van der Waals surface area contributed by atoms with Gasteiger partial charge in [-0.05, 0) is 146 Å². The van der Waals surface area contributed by atoms with Crippen molar-refractivity contribution in [2.75, 3.05) is 13.2 Å². The van der Waals surface area contributed by atoms with Gasteiger partial charge in [-0.1, -0.05) is 73.9 Å². The van der Waals surface area contributed by atoms with Gasteiger partial charge in [0.05, 0.1) is 31.1 Å². The standard InChI is InChI=1S/C53H61N3O6/c54-51-22-16-37-32-61-43(8-4-2-1-3-7-34-11-17-41(57)18-12-34)29-42(58)19-13-35-14-20-48(59)50(25-35)62-33-39-27-40(26-38-30-56(31-45(38)39)52(37)55-51)53-23-24-60-49-21-15-36(28-47(49)53)44-9-5-6-10-46(44)53/h5-6,9-12,14,16-18,20,22,25-27,30-31,36,42-43,47,49,51,55,57-59H,1-4,7-8,13,15,19,21,23-24,28-29,32-33,54H2. The first-order valence-electron chi connectivity index (χ1n) is 23.1. The Hall–Kier alpha value is -5.06. The average molecular weight is 836 g/mol. The number of aromatic nitrogens is 1. The normalized spacial score (nSPS) is 27.1. The van der Waals surface area contributed by atoms with Crippen LogP contribution in [0.1, 0.15) is 110 Å². The molecule has 4 aromatic carbocycles. The number of dihydropyridines is 1. The number of aryl methyl sites for hydroxylation is 2. The number of nitrogens with zero attached hydrogens (tertiary/aromatic N) is 1. The van der Waals surface area contributed by atoms with Crippen LogP contribution in [0.3, 0.4) is 0 Å². The highest BCUT2D eigenvalue weighted by Gasteiger charge is 2.55. The molecular formula is C53H61N3O6. The smallest absolute Gasteiger partial charge is 0.161 e. The molecule has 324 valence electrons. The number of nitrogens with one attached hydrogen (secondary N) is 1. The molecule has 2 aliphatic carbocycles. The summed E-state index contributed by atoms with van der Waals surface area (Å²) in [6, 6.07) is 27.0. The lowest BCUT2D eigenvalue weighted by Gasteiger charge is -2.56. The van der Waals surface area contributed by atoms with Crippen LogP contribution in [-0.4, -0.2) is 57.6 Å². The summed E-state index contributed by atoms with van der Waals surface area (Å²) in [5, 5.41) is 37.9. The van der Waals surface area contributed by atoms with Crippen LogP contribution >= 0.6 is 0 Å². The summed E-state index contributed by atoms with van der Waals surface area (Å²) in [4.78, 5) is 0. The minimum Gasteiger partial charge on any atom is -0.508 e. The van der Waals surface area contributed by atoms with Gasteiger partial charge in [-0.15, -0.1) is 0 Å². The zero-order valence-electron chi connectivity index (χ0n) is 35.7. The Balaban J connectivity index is 0.997. The van der Waals surface area contributed by atoms with E-state index in [1.165, 1.54) is 28.7 Å². The predicted octanol–water partition coefficient (Wildman–Crippen LogP) is 9.49. The summed E-state index contributed by atoms with van der Waals surface area (Å²) in [7, 11) is 0. The van der Waals surface area contributed by atoms with Gasteiger partial charge in [-0.3, -0.25) is 0 Å². The highest BCUT2D eigenvalue weighted by molar-refractivity contribution is 5.88. The molecule has 5 aromatic rings. The molecule has 9 heteroatoms. The number of hydrogen-bond donors (Lipinski definition) is 5. The quantitative estimate of drug-likeness (QED) is 0.0978. The summed E-state index contributed by atoms with van der Waals surface area (Å²) in [6.07, 6.45) is 19.9. The zero-order valence-corrected chi connectivity index (χ0v) is 35.7. The maximum Gasteiger partial charge on any atom is 0.161 e. The number of aromatic hydroxyl groups is 2. The fourth-order valence-corrected chi connectivity index (χ4v) is 11.5. The monoisotopic (exact) mass is 835 g/mol. The molecule has 7 unspecified atom stereocenters. The summed E-state index contributed by atoms with van der Waals surface area (Å²) in [5.41, 5.74) is 14.9. The third-order valence-electron chi connectivity index (χ3n) is 14.7. The molecule has 0 amide bonds. The number of rotatable bonds is 8. The second kappa shape index (κ2) is 17.6. The number of fused-ring (bicyclic) bond motifs is 8. The minimum atomic E-state index is -0.551. The van der Waals surface area contributed by atoms with Gasteiger partial charge >= 0.3 is 0 Å². The Kier molecular flexibility index (Phi) is 11.6. The van der Waals surface area contributed by atoms with E-state index in [1.807, 2.05) is 30.3 Å². The number of unbranched alkanes of at least 4 members (excludes halogenated alkanes) is 3. The Morgan fingerprint density at radius 2 is 1.73 bits per heavy atom. The molecule has 10 rings (SSSR count). The lowest BCUT2D eigenvalue weighted by molar-refractivity contribution is -0.0894. The van der Waals surface area contributed by atoms with Gasteiger partial charge < -0.3 is 45.1 Å². The van der Waals surface area contributed by atoms with E-state index in [-0.39, 0.29) is 36.1 Å². The zero-order chi connectivity index (χ0) is 42.2. The van der Waals surface area contributed by atoms with E-state index >= 15 is 0 Å². The maximum absolute atomic E-state index is 11.4. The van der Waals surface area contributed by atoms with E-state index in [0.717, 1.165) is 97.7 Å². The fourth-order valence-electron chi connectivity index (χ4n) is 11.5. The Labute approximate surface area is 365 Å². The number of aliphatic hydroxyl groups excluding tert-OH is 1. The number of nitrogens with two attached hydrogens (primary N) is 1. The van der Waals surface area contributed by atoms with Crippen LogP contribution in [0.4, 0.5) is 0 Å². The minimum absolute atomic E-state index is 0.104. The van der Waals surface area contributed by atoms with Crippen molar-refractivity contribution >= 4 is 16.6 Å². The molecule has 1 saturated carbocycles. The number of hydrogen-bond acceptors (Lipinski definition) is 8. The molecule has 5 aliphatic rings. The Morgan fingerprint density at radius 3 is 2.63 bits per heavy atom. The lowest BCUT2D eigenvalue weighted by atomic mass is 9.51. The van der Waals surface area contributed by atoms with E-state index in [1.54, 1.807) is 18.2 Å². The first-order valence-corrected chi connectivity index (χ1v) is 23.1. The number of benzene rings is 4. The van der Waals surface area contributed by atoms with Gasteiger partial charge in [-0.2, -0.15) is 0 Å². The first kappa shape index (κ1) is 41.0. The second-order valence-electron chi connectivity index (χ2n) is 18.6. The molecule has 62 heavy (non-hydrogen) atoms. The molecule has 2 fully saturated rings. The number of ether oxygens (including phenoxy) is 3. The molecule has 7 atom stereocenters. The van der Waals surface area contributed by atoms with E-state index in [0.29, 0.717) is 49.2 Å². The molecule has 3 aliphatic heterocycles. The van der Waals surface area contributed by atoms with Crippen molar-refractivity contribution in [2.45, 2.75) is 126 Å². The first-order chi connectivity index (χ1) is 30.3.